The molecule has 1 amide bonds. The molecule has 1 aliphatic rings. The molecule has 3 rings (SSSR count). The highest BCUT2D eigenvalue weighted by Crippen LogP contribution is 2.30. The number of aromatic nitrogens is 2. The minimum absolute atomic E-state index is 0.116. The largest absolute Gasteiger partial charge is 0.471 e. The molecule has 0 atom stereocenters. The van der Waals surface area contributed by atoms with E-state index in [0.29, 0.717) is 24.3 Å². The first-order chi connectivity index (χ1) is 12.9. The lowest BCUT2D eigenvalue weighted by Gasteiger charge is -2.29. The fourth-order valence-electron chi connectivity index (χ4n) is 3.24. The second kappa shape index (κ2) is 8.08. The van der Waals surface area contributed by atoms with Gasteiger partial charge in [-0.05, 0) is 25.0 Å². The number of hydrogen-bond donors (Lipinski definition) is 0. The molecule has 1 fully saturated rings. The average molecular weight is 383 g/mol. The van der Waals surface area contributed by atoms with Crippen molar-refractivity contribution < 1.29 is 27.2 Å². The minimum Gasteiger partial charge on any atom is -0.383 e. The quantitative estimate of drug-likeness (QED) is 0.759. The average Bonchev–Trinajstić information content (AvgIpc) is 3.34. The van der Waals surface area contributed by atoms with E-state index >= 15 is 0 Å². The normalized spacial score (nSPS) is 15.3. The molecular weight excluding hydrogens is 363 g/mol. The van der Waals surface area contributed by atoms with Crippen molar-refractivity contribution in [2.75, 3.05) is 20.3 Å². The van der Waals surface area contributed by atoms with Crippen molar-refractivity contribution >= 4 is 5.91 Å². The zero-order valence-electron chi connectivity index (χ0n) is 14.8. The summed E-state index contributed by atoms with van der Waals surface area (Å²) >= 11 is 0. The molecule has 0 bridgehead atoms. The zero-order chi connectivity index (χ0) is 19.4. The summed E-state index contributed by atoms with van der Waals surface area (Å²) in [5.74, 6) is -1.69. The van der Waals surface area contributed by atoms with Crippen LogP contribution < -0.4 is 0 Å². The van der Waals surface area contributed by atoms with Crippen LogP contribution in [0.5, 0.6) is 0 Å². The van der Waals surface area contributed by atoms with Gasteiger partial charge in [0.2, 0.25) is 5.82 Å². The van der Waals surface area contributed by atoms with Gasteiger partial charge in [0.05, 0.1) is 6.61 Å². The molecular formula is C18H20F3N3O3. The number of benzene rings is 1. The van der Waals surface area contributed by atoms with E-state index in [4.69, 9.17) is 4.74 Å². The van der Waals surface area contributed by atoms with E-state index in [-0.39, 0.29) is 17.8 Å². The lowest BCUT2D eigenvalue weighted by atomic mass is 10.1. The number of halogens is 3. The fraction of sp³-hybridized carbons (Fsp3) is 0.500. The monoisotopic (exact) mass is 383 g/mol. The molecule has 0 radical (unpaired) electrons. The van der Waals surface area contributed by atoms with Gasteiger partial charge in [0.15, 0.2) is 0 Å². The summed E-state index contributed by atoms with van der Waals surface area (Å²) in [4.78, 5) is 18.1. The number of alkyl halides is 3. The van der Waals surface area contributed by atoms with E-state index in [1.54, 1.807) is 19.2 Å². The van der Waals surface area contributed by atoms with Gasteiger partial charge >= 0.3 is 12.1 Å². The van der Waals surface area contributed by atoms with Gasteiger partial charge in [0.25, 0.3) is 5.91 Å². The molecule has 2 aromatic rings. The maximum atomic E-state index is 12.9. The van der Waals surface area contributed by atoms with Gasteiger partial charge < -0.3 is 14.2 Å². The van der Waals surface area contributed by atoms with E-state index in [1.807, 2.05) is 4.90 Å². The molecule has 1 aromatic carbocycles. The highest BCUT2D eigenvalue weighted by molar-refractivity contribution is 5.94. The van der Waals surface area contributed by atoms with Crippen molar-refractivity contribution in [1.29, 1.82) is 0 Å². The van der Waals surface area contributed by atoms with Crippen LogP contribution in [0.15, 0.2) is 28.8 Å². The van der Waals surface area contributed by atoms with Crippen LogP contribution in [0.25, 0.3) is 11.4 Å². The smallest absolute Gasteiger partial charge is 0.383 e. The Morgan fingerprint density at radius 2 is 1.93 bits per heavy atom. The summed E-state index contributed by atoms with van der Waals surface area (Å²) in [5, 5.41) is 3.35. The summed E-state index contributed by atoms with van der Waals surface area (Å²) < 4.78 is 47.1. The lowest BCUT2D eigenvalue weighted by molar-refractivity contribution is -0.159. The van der Waals surface area contributed by atoms with Crippen molar-refractivity contribution in [1.82, 2.24) is 15.0 Å². The summed E-state index contributed by atoms with van der Waals surface area (Å²) in [6.07, 6.45) is -0.559. The summed E-state index contributed by atoms with van der Waals surface area (Å²) in [7, 11) is 1.59. The van der Waals surface area contributed by atoms with Gasteiger partial charge in [-0.1, -0.05) is 30.1 Å². The Kier molecular flexibility index (Phi) is 5.79. The predicted molar refractivity (Wildman–Crippen MR) is 89.9 cm³/mol. The molecule has 1 heterocycles. The van der Waals surface area contributed by atoms with Crippen LogP contribution in [-0.2, 0) is 10.9 Å². The Balaban J connectivity index is 1.76. The summed E-state index contributed by atoms with van der Waals surface area (Å²) in [6, 6.07) is 6.35. The molecule has 0 N–H and O–H groups in total. The highest BCUT2D eigenvalue weighted by Gasteiger charge is 2.38. The molecule has 6 nitrogen and oxygen atoms in total. The molecule has 0 spiro atoms. The van der Waals surface area contributed by atoms with E-state index in [0.717, 1.165) is 25.7 Å². The number of hydrogen-bond acceptors (Lipinski definition) is 5. The van der Waals surface area contributed by atoms with Crippen LogP contribution in [0.1, 0.15) is 41.9 Å². The van der Waals surface area contributed by atoms with Crippen molar-refractivity contribution in [2.45, 2.75) is 37.9 Å². The maximum Gasteiger partial charge on any atom is 0.471 e. The van der Waals surface area contributed by atoms with Crippen LogP contribution in [0.2, 0.25) is 0 Å². The number of amides is 1. The fourth-order valence-corrected chi connectivity index (χ4v) is 3.24. The SMILES string of the molecule is COCCN(C(=O)c1ccc(-c2noc(C(F)(F)F)n2)cc1)C1CCCC1. The Morgan fingerprint density at radius 1 is 1.26 bits per heavy atom. The number of nitrogens with zero attached hydrogens (tertiary/aromatic N) is 3. The molecule has 0 saturated heterocycles. The summed E-state index contributed by atoms with van der Waals surface area (Å²) in [5.41, 5.74) is 0.802. The molecule has 0 aliphatic heterocycles. The first-order valence-corrected chi connectivity index (χ1v) is 8.71. The highest BCUT2D eigenvalue weighted by atomic mass is 19.4. The number of methoxy groups -OCH3 is 1. The van der Waals surface area contributed by atoms with Gasteiger partial charge in [0.1, 0.15) is 0 Å². The molecule has 9 heteroatoms. The van der Waals surface area contributed by atoms with Gasteiger partial charge in [-0.3, -0.25) is 4.79 Å². The Hall–Kier alpha value is -2.42. The van der Waals surface area contributed by atoms with E-state index in [9.17, 15) is 18.0 Å². The van der Waals surface area contributed by atoms with Crippen LogP contribution in [0.4, 0.5) is 13.2 Å². The Morgan fingerprint density at radius 3 is 2.48 bits per heavy atom. The van der Waals surface area contributed by atoms with E-state index < -0.39 is 12.1 Å². The number of carbonyl (C=O) groups is 1. The number of carbonyl (C=O) groups excluding carboxylic acids is 1. The third-order valence-corrected chi connectivity index (χ3v) is 4.62. The zero-order valence-corrected chi connectivity index (χ0v) is 14.8. The van der Waals surface area contributed by atoms with Crippen molar-refractivity contribution in [3.05, 3.63) is 35.7 Å². The second-order valence-corrected chi connectivity index (χ2v) is 6.43. The third kappa shape index (κ3) is 4.47. The van der Waals surface area contributed by atoms with Crippen molar-refractivity contribution in [2.24, 2.45) is 0 Å². The Labute approximate surface area is 154 Å². The van der Waals surface area contributed by atoms with Crippen LogP contribution in [-0.4, -0.2) is 47.3 Å². The van der Waals surface area contributed by atoms with E-state index in [1.165, 1.54) is 12.1 Å². The van der Waals surface area contributed by atoms with Crippen LogP contribution >= 0.6 is 0 Å². The molecule has 1 saturated carbocycles. The first-order valence-electron chi connectivity index (χ1n) is 8.71. The molecule has 1 aromatic heterocycles. The van der Waals surface area contributed by atoms with E-state index in [2.05, 4.69) is 14.7 Å². The van der Waals surface area contributed by atoms with Gasteiger partial charge in [0, 0.05) is 30.8 Å². The first kappa shape index (κ1) is 19.3. The summed E-state index contributed by atoms with van der Waals surface area (Å²) in [6.45, 7) is 0.949. The van der Waals surface area contributed by atoms with Crippen molar-refractivity contribution in [3.8, 4) is 11.4 Å². The second-order valence-electron chi connectivity index (χ2n) is 6.43. The number of rotatable bonds is 6. The van der Waals surface area contributed by atoms with Crippen LogP contribution in [0, 0.1) is 0 Å². The standard InChI is InChI=1S/C18H20F3N3O3/c1-26-11-10-24(14-4-2-3-5-14)16(25)13-8-6-12(7-9-13)15-22-17(27-23-15)18(19,20)21/h6-9,14H,2-5,10-11H2,1H3. The van der Waals surface area contributed by atoms with Gasteiger partial charge in [-0.25, -0.2) is 0 Å². The van der Waals surface area contributed by atoms with Crippen LogP contribution in [0.3, 0.4) is 0 Å². The molecule has 0 unspecified atom stereocenters. The Bertz CT molecular complexity index is 768. The minimum atomic E-state index is -4.69. The maximum absolute atomic E-state index is 12.9. The van der Waals surface area contributed by atoms with Gasteiger partial charge in [-0.15, -0.1) is 0 Å². The number of ether oxygens (including phenoxy) is 1. The molecule has 27 heavy (non-hydrogen) atoms. The molecule has 146 valence electrons. The lowest BCUT2D eigenvalue weighted by Crippen LogP contribution is -2.41. The third-order valence-electron chi connectivity index (χ3n) is 4.62. The topological polar surface area (TPSA) is 68.5 Å². The predicted octanol–water partition coefficient (Wildman–Crippen LogP) is 3.79. The van der Waals surface area contributed by atoms with Gasteiger partial charge in [-0.2, -0.15) is 18.2 Å². The molecule has 1 aliphatic carbocycles. The van der Waals surface area contributed by atoms with Crippen molar-refractivity contribution in [3.63, 3.8) is 0 Å².